The summed E-state index contributed by atoms with van der Waals surface area (Å²) in [5, 5.41) is 8.39. The molecule has 0 aliphatic carbocycles. The van der Waals surface area contributed by atoms with E-state index < -0.39 is 15.9 Å². The predicted octanol–water partition coefficient (Wildman–Crippen LogP) is 2.86. The van der Waals surface area contributed by atoms with Gasteiger partial charge in [0.2, 0.25) is 10.0 Å². The highest BCUT2D eigenvalue weighted by Gasteiger charge is 2.16. The molecular weight excluding hydrogens is 324 g/mol. The maximum Gasteiger partial charge on any atom is 0.255 e. The molecule has 0 aliphatic rings. The van der Waals surface area contributed by atoms with Crippen LogP contribution in [0.4, 0.5) is 5.69 Å². The third-order valence-electron chi connectivity index (χ3n) is 3.27. The third-order valence-corrected chi connectivity index (χ3v) is 4.74. The number of carbonyl (C=O) groups excluding carboxylic acids is 1. The maximum atomic E-state index is 12.3. The summed E-state index contributed by atoms with van der Waals surface area (Å²) in [6.07, 6.45) is 0. The van der Waals surface area contributed by atoms with Gasteiger partial charge in [-0.1, -0.05) is 23.7 Å². The van der Waals surface area contributed by atoms with Crippen molar-refractivity contribution in [3.05, 3.63) is 58.1 Å². The van der Waals surface area contributed by atoms with Crippen LogP contribution in [0.5, 0.6) is 0 Å². The highest BCUT2D eigenvalue weighted by Crippen LogP contribution is 2.24. The van der Waals surface area contributed by atoms with E-state index in [1.54, 1.807) is 44.2 Å². The van der Waals surface area contributed by atoms with E-state index >= 15 is 0 Å². The van der Waals surface area contributed by atoms with Crippen LogP contribution in [0, 0.1) is 13.8 Å². The van der Waals surface area contributed by atoms with Gasteiger partial charge in [-0.25, -0.2) is 13.6 Å². The summed E-state index contributed by atoms with van der Waals surface area (Å²) in [5.41, 5.74) is 1.98. The predicted molar refractivity (Wildman–Crippen MR) is 86.7 cm³/mol. The van der Waals surface area contributed by atoms with Crippen LogP contribution in [-0.4, -0.2) is 14.3 Å². The molecule has 3 N–H and O–H groups in total. The molecule has 0 atom stereocenters. The molecule has 2 aromatic rings. The van der Waals surface area contributed by atoms with Crippen LogP contribution in [0.2, 0.25) is 5.02 Å². The minimum atomic E-state index is -3.88. The Balaban J connectivity index is 2.37. The zero-order valence-corrected chi connectivity index (χ0v) is 13.6. The summed E-state index contributed by atoms with van der Waals surface area (Å²) in [6, 6.07) is 9.50. The Labute approximate surface area is 134 Å². The molecule has 0 radical (unpaired) electrons. The molecule has 116 valence electrons. The summed E-state index contributed by atoms with van der Waals surface area (Å²) >= 11 is 6.00. The fraction of sp³-hybridized carbons (Fsp3) is 0.133. The first-order valence-corrected chi connectivity index (χ1v) is 8.32. The van der Waals surface area contributed by atoms with E-state index in [4.69, 9.17) is 16.7 Å². The smallest absolute Gasteiger partial charge is 0.255 e. The number of hydrogen-bond donors (Lipinski definition) is 2. The molecule has 0 aromatic heterocycles. The lowest BCUT2D eigenvalue weighted by molar-refractivity contribution is 0.102. The van der Waals surface area contributed by atoms with Crippen molar-refractivity contribution in [3.8, 4) is 0 Å². The molecule has 1 amide bonds. The molecule has 0 saturated carbocycles. The monoisotopic (exact) mass is 338 g/mol. The van der Waals surface area contributed by atoms with Gasteiger partial charge >= 0.3 is 0 Å². The van der Waals surface area contributed by atoms with Crippen LogP contribution >= 0.6 is 11.6 Å². The Morgan fingerprint density at radius 2 is 1.86 bits per heavy atom. The van der Waals surface area contributed by atoms with E-state index in [1.165, 1.54) is 6.07 Å². The average Bonchev–Trinajstić information content (AvgIpc) is 2.43. The summed E-state index contributed by atoms with van der Waals surface area (Å²) < 4.78 is 23.0. The van der Waals surface area contributed by atoms with Gasteiger partial charge in [-0.2, -0.15) is 0 Å². The first kappa shape index (κ1) is 16.5. The Hall–Kier alpha value is -1.89. The van der Waals surface area contributed by atoms with E-state index in [0.29, 0.717) is 16.3 Å². The zero-order chi connectivity index (χ0) is 16.5. The largest absolute Gasteiger partial charge is 0.322 e. The number of primary sulfonamides is 1. The molecule has 7 heteroatoms. The fourth-order valence-corrected chi connectivity index (χ4v) is 2.97. The number of hydrogen-bond acceptors (Lipinski definition) is 3. The lowest BCUT2D eigenvalue weighted by Gasteiger charge is -2.11. The SMILES string of the molecule is Cc1ccc(C(=O)Nc2cccc(Cl)c2C)cc1S(N)(=O)=O. The molecule has 5 nitrogen and oxygen atoms in total. The topological polar surface area (TPSA) is 89.3 Å². The van der Waals surface area contributed by atoms with Crippen LogP contribution in [-0.2, 0) is 10.0 Å². The molecule has 0 bridgehead atoms. The van der Waals surface area contributed by atoms with E-state index in [1.807, 2.05) is 0 Å². The van der Waals surface area contributed by atoms with E-state index in [0.717, 1.165) is 5.56 Å². The van der Waals surface area contributed by atoms with Gasteiger partial charge in [0, 0.05) is 16.3 Å². The second-order valence-corrected chi connectivity index (χ2v) is 6.83. The van der Waals surface area contributed by atoms with E-state index in [-0.39, 0.29) is 10.5 Å². The fourth-order valence-electron chi connectivity index (χ4n) is 1.99. The molecule has 22 heavy (non-hydrogen) atoms. The van der Waals surface area contributed by atoms with Crippen molar-refractivity contribution in [2.75, 3.05) is 5.32 Å². The molecule has 2 rings (SSSR count). The standard InChI is InChI=1S/C15H15ClN2O3S/c1-9-6-7-11(8-14(9)22(17,20)21)15(19)18-13-5-3-4-12(16)10(13)2/h3-8H,1-2H3,(H,18,19)(H2,17,20,21). The summed E-state index contributed by atoms with van der Waals surface area (Å²) in [6.45, 7) is 3.39. The van der Waals surface area contributed by atoms with Gasteiger partial charge in [0.05, 0.1) is 4.90 Å². The van der Waals surface area contributed by atoms with Gasteiger partial charge in [0.1, 0.15) is 0 Å². The Morgan fingerprint density at radius 1 is 1.18 bits per heavy atom. The van der Waals surface area contributed by atoms with Crippen LogP contribution < -0.4 is 10.5 Å². The number of anilines is 1. The summed E-state index contributed by atoms with van der Waals surface area (Å²) in [4.78, 5) is 12.2. The molecule has 0 heterocycles. The number of nitrogens with two attached hydrogens (primary N) is 1. The van der Waals surface area contributed by atoms with Gasteiger partial charge < -0.3 is 5.32 Å². The number of benzene rings is 2. The number of amides is 1. The summed E-state index contributed by atoms with van der Waals surface area (Å²) in [7, 11) is -3.88. The quantitative estimate of drug-likeness (QED) is 0.901. The van der Waals surface area contributed by atoms with Crippen molar-refractivity contribution in [3.63, 3.8) is 0 Å². The molecular formula is C15H15ClN2O3S. The minimum absolute atomic E-state index is 0.0667. The van der Waals surface area contributed by atoms with Crippen molar-refractivity contribution >= 4 is 33.2 Å². The van der Waals surface area contributed by atoms with E-state index in [2.05, 4.69) is 5.32 Å². The molecule has 0 fully saturated rings. The van der Waals surface area contributed by atoms with Crippen LogP contribution in [0.25, 0.3) is 0 Å². The minimum Gasteiger partial charge on any atom is -0.322 e. The highest BCUT2D eigenvalue weighted by molar-refractivity contribution is 7.89. The van der Waals surface area contributed by atoms with Gasteiger partial charge in [0.25, 0.3) is 5.91 Å². The van der Waals surface area contributed by atoms with Crippen molar-refractivity contribution in [1.82, 2.24) is 0 Å². The first-order valence-electron chi connectivity index (χ1n) is 6.40. The molecule has 0 aliphatic heterocycles. The van der Waals surface area contributed by atoms with Crippen molar-refractivity contribution < 1.29 is 13.2 Å². The molecule has 2 aromatic carbocycles. The van der Waals surface area contributed by atoms with Crippen molar-refractivity contribution in [2.45, 2.75) is 18.7 Å². The van der Waals surface area contributed by atoms with Crippen LogP contribution in [0.1, 0.15) is 21.5 Å². The highest BCUT2D eigenvalue weighted by atomic mass is 35.5. The molecule has 0 unspecified atom stereocenters. The van der Waals surface area contributed by atoms with Crippen molar-refractivity contribution in [2.24, 2.45) is 5.14 Å². The number of nitrogens with one attached hydrogen (secondary N) is 1. The number of rotatable bonds is 3. The van der Waals surface area contributed by atoms with Crippen molar-refractivity contribution in [1.29, 1.82) is 0 Å². The summed E-state index contributed by atoms with van der Waals surface area (Å²) in [5.74, 6) is -0.435. The second kappa shape index (κ2) is 6.08. The molecule has 0 spiro atoms. The van der Waals surface area contributed by atoms with Gasteiger partial charge in [-0.05, 0) is 49.2 Å². The first-order chi connectivity index (χ1) is 10.2. The Morgan fingerprint density at radius 3 is 2.50 bits per heavy atom. The van der Waals surface area contributed by atoms with Gasteiger partial charge in [0.15, 0.2) is 0 Å². The van der Waals surface area contributed by atoms with Gasteiger partial charge in [-0.3, -0.25) is 4.79 Å². The maximum absolute atomic E-state index is 12.3. The normalized spacial score (nSPS) is 11.3. The van der Waals surface area contributed by atoms with E-state index in [9.17, 15) is 13.2 Å². The lowest BCUT2D eigenvalue weighted by atomic mass is 10.1. The molecule has 0 saturated heterocycles. The van der Waals surface area contributed by atoms with Gasteiger partial charge in [-0.15, -0.1) is 0 Å². The number of aryl methyl sites for hydroxylation is 1. The number of sulfonamides is 1. The number of carbonyl (C=O) groups is 1. The van der Waals surface area contributed by atoms with Crippen LogP contribution in [0.3, 0.4) is 0 Å². The van der Waals surface area contributed by atoms with Crippen LogP contribution in [0.15, 0.2) is 41.3 Å². The Bertz CT molecular complexity index is 848. The third kappa shape index (κ3) is 3.47. The average molecular weight is 339 g/mol. The zero-order valence-electron chi connectivity index (χ0n) is 12.1. The number of halogens is 1. The lowest BCUT2D eigenvalue weighted by Crippen LogP contribution is -2.17. The Kier molecular flexibility index (Phi) is 4.55. The second-order valence-electron chi connectivity index (χ2n) is 4.89.